The van der Waals surface area contributed by atoms with Gasteiger partial charge in [0.05, 0.1) is 13.3 Å². The summed E-state index contributed by atoms with van der Waals surface area (Å²) in [6, 6.07) is 0. The molecule has 0 bridgehead atoms. The molecule has 1 aliphatic heterocycles. The van der Waals surface area contributed by atoms with Crippen molar-refractivity contribution in [2.24, 2.45) is 5.92 Å². The van der Waals surface area contributed by atoms with Crippen molar-refractivity contribution in [1.82, 2.24) is 4.90 Å². The molecule has 0 aromatic carbocycles. The van der Waals surface area contributed by atoms with Gasteiger partial charge in [-0.25, -0.2) is 0 Å². The summed E-state index contributed by atoms with van der Waals surface area (Å²) >= 11 is 0. The maximum absolute atomic E-state index is 5.44. The molecule has 0 radical (unpaired) electrons. The molecule has 1 rings (SSSR count). The zero-order valence-corrected chi connectivity index (χ0v) is 6.97. The smallest absolute Gasteiger partial charge is 0.0987 e. The minimum Gasteiger partial charge on any atom is -0.366 e. The van der Waals surface area contributed by atoms with Gasteiger partial charge in [-0.05, 0) is 19.4 Å². The van der Waals surface area contributed by atoms with Gasteiger partial charge in [-0.15, -0.1) is 0 Å². The molecule has 1 aliphatic rings. The van der Waals surface area contributed by atoms with Crippen LogP contribution in [0.4, 0.5) is 0 Å². The van der Waals surface area contributed by atoms with E-state index in [0.717, 1.165) is 19.3 Å². The molecule has 10 heavy (non-hydrogen) atoms. The molecule has 0 amide bonds. The van der Waals surface area contributed by atoms with E-state index in [0.29, 0.717) is 0 Å². The van der Waals surface area contributed by atoms with Gasteiger partial charge >= 0.3 is 0 Å². The Kier molecular flexibility index (Phi) is 3.16. The van der Waals surface area contributed by atoms with Crippen molar-refractivity contribution in [3.63, 3.8) is 0 Å². The van der Waals surface area contributed by atoms with E-state index in [1.807, 2.05) is 0 Å². The second kappa shape index (κ2) is 3.94. The van der Waals surface area contributed by atoms with Crippen molar-refractivity contribution >= 4 is 0 Å². The van der Waals surface area contributed by atoms with Gasteiger partial charge in [-0.2, -0.15) is 0 Å². The fourth-order valence-corrected chi connectivity index (χ4v) is 1.25. The van der Waals surface area contributed by atoms with Gasteiger partial charge in [0, 0.05) is 6.54 Å². The quantitative estimate of drug-likeness (QED) is 0.549. The molecule has 0 aromatic heterocycles. The van der Waals surface area contributed by atoms with Gasteiger partial charge in [-0.3, -0.25) is 4.90 Å². The second-order valence-corrected chi connectivity index (χ2v) is 3.14. The molecule has 1 heterocycles. The molecule has 1 fully saturated rings. The molecular weight excluding hydrogens is 126 g/mol. The highest BCUT2D eigenvalue weighted by atomic mass is 16.5. The summed E-state index contributed by atoms with van der Waals surface area (Å²) in [6.07, 6.45) is 2.56. The standard InChI is InChI=1S/C8H17NO/c1-3-8-4-5-9(2)7-10-6-8/h8H,3-7H2,1-2H3. The lowest BCUT2D eigenvalue weighted by Gasteiger charge is -2.10. The predicted octanol–water partition coefficient (Wildman–Crippen LogP) is 1.32. The van der Waals surface area contributed by atoms with Gasteiger partial charge in [0.1, 0.15) is 0 Å². The van der Waals surface area contributed by atoms with Crippen molar-refractivity contribution in [2.75, 3.05) is 26.9 Å². The Labute approximate surface area is 63.2 Å². The summed E-state index contributed by atoms with van der Waals surface area (Å²) in [5.74, 6) is 0.796. The summed E-state index contributed by atoms with van der Waals surface area (Å²) in [5, 5.41) is 0. The molecule has 1 saturated heterocycles. The maximum Gasteiger partial charge on any atom is 0.0987 e. The normalized spacial score (nSPS) is 30.0. The molecule has 2 heteroatoms. The molecular formula is C8H17NO. The lowest BCUT2D eigenvalue weighted by molar-refractivity contribution is 0.0519. The maximum atomic E-state index is 5.44. The van der Waals surface area contributed by atoms with Crippen LogP contribution in [0, 0.1) is 5.92 Å². The Morgan fingerprint density at radius 3 is 3.10 bits per heavy atom. The van der Waals surface area contributed by atoms with Crippen LogP contribution >= 0.6 is 0 Å². The average Bonchev–Trinajstić information content (AvgIpc) is 2.14. The third-order valence-electron chi connectivity index (χ3n) is 2.16. The predicted molar refractivity (Wildman–Crippen MR) is 41.8 cm³/mol. The fourth-order valence-electron chi connectivity index (χ4n) is 1.25. The Bertz CT molecular complexity index is 95.3. The summed E-state index contributed by atoms with van der Waals surface area (Å²) in [6.45, 7) is 5.20. The van der Waals surface area contributed by atoms with Gasteiger partial charge in [0.2, 0.25) is 0 Å². The Morgan fingerprint density at radius 1 is 1.60 bits per heavy atom. The van der Waals surface area contributed by atoms with Crippen molar-refractivity contribution < 1.29 is 4.74 Å². The van der Waals surface area contributed by atoms with Crippen LogP contribution in [-0.2, 0) is 4.74 Å². The Hall–Kier alpha value is -0.0800. The molecule has 1 atom stereocenters. The molecule has 2 nitrogen and oxygen atoms in total. The number of ether oxygens (including phenoxy) is 1. The van der Waals surface area contributed by atoms with E-state index in [1.165, 1.54) is 19.4 Å². The van der Waals surface area contributed by atoms with Crippen LogP contribution in [-0.4, -0.2) is 31.8 Å². The highest BCUT2D eigenvalue weighted by molar-refractivity contribution is 4.61. The first-order valence-corrected chi connectivity index (χ1v) is 4.09. The number of rotatable bonds is 1. The number of nitrogens with zero attached hydrogens (tertiary/aromatic N) is 1. The average molecular weight is 143 g/mol. The zero-order valence-electron chi connectivity index (χ0n) is 6.97. The van der Waals surface area contributed by atoms with Gasteiger partial charge in [0.25, 0.3) is 0 Å². The monoisotopic (exact) mass is 143 g/mol. The molecule has 0 N–H and O–H groups in total. The summed E-state index contributed by atoms with van der Waals surface area (Å²) in [7, 11) is 2.11. The summed E-state index contributed by atoms with van der Waals surface area (Å²) < 4.78 is 5.44. The van der Waals surface area contributed by atoms with Crippen molar-refractivity contribution in [2.45, 2.75) is 19.8 Å². The van der Waals surface area contributed by atoms with E-state index < -0.39 is 0 Å². The van der Waals surface area contributed by atoms with Crippen LogP contribution in [0.15, 0.2) is 0 Å². The first kappa shape index (κ1) is 8.02. The SMILES string of the molecule is CCC1CCN(C)COC1. The molecule has 60 valence electrons. The minimum atomic E-state index is 0.796. The van der Waals surface area contributed by atoms with E-state index in [1.54, 1.807) is 0 Å². The third kappa shape index (κ3) is 2.27. The second-order valence-electron chi connectivity index (χ2n) is 3.14. The number of hydrogen-bond acceptors (Lipinski definition) is 2. The first-order valence-electron chi connectivity index (χ1n) is 4.09. The Balaban J connectivity index is 2.26. The van der Waals surface area contributed by atoms with Gasteiger partial charge < -0.3 is 4.74 Å². The van der Waals surface area contributed by atoms with Crippen LogP contribution in [0.1, 0.15) is 19.8 Å². The van der Waals surface area contributed by atoms with E-state index in [-0.39, 0.29) is 0 Å². The summed E-state index contributed by atoms with van der Waals surface area (Å²) in [5.41, 5.74) is 0. The highest BCUT2D eigenvalue weighted by Crippen LogP contribution is 2.12. The van der Waals surface area contributed by atoms with Crippen LogP contribution < -0.4 is 0 Å². The minimum absolute atomic E-state index is 0.796. The molecule has 1 unspecified atom stereocenters. The lowest BCUT2D eigenvalue weighted by Crippen LogP contribution is -2.19. The van der Waals surface area contributed by atoms with Crippen molar-refractivity contribution in [1.29, 1.82) is 0 Å². The van der Waals surface area contributed by atoms with Crippen molar-refractivity contribution in [3.05, 3.63) is 0 Å². The number of hydrogen-bond donors (Lipinski definition) is 0. The largest absolute Gasteiger partial charge is 0.366 e. The fraction of sp³-hybridized carbons (Fsp3) is 1.00. The van der Waals surface area contributed by atoms with E-state index >= 15 is 0 Å². The van der Waals surface area contributed by atoms with Crippen LogP contribution in [0.3, 0.4) is 0 Å². The topological polar surface area (TPSA) is 12.5 Å². The van der Waals surface area contributed by atoms with Gasteiger partial charge in [0.15, 0.2) is 0 Å². The molecule has 0 spiro atoms. The Morgan fingerprint density at radius 2 is 2.40 bits per heavy atom. The van der Waals surface area contributed by atoms with Crippen LogP contribution in [0.5, 0.6) is 0 Å². The van der Waals surface area contributed by atoms with E-state index in [9.17, 15) is 0 Å². The molecule has 0 aliphatic carbocycles. The van der Waals surface area contributed by atoms with Crippen molar-refractivity contribution in [3.8, 4) is 0 Å². The lowest BCUT2D eigenvalue weighted by atomic mass is 10.0. The molecule has 0 saturated carbocycles. The first-order chi connectivity index (χ1) is 4.83. The van der Waals surface area contributed by atoms with Crippen LogP contribution in [0.2, 0.25) is 0 Å². The third-order valence-corrected chi connectivity index (χ3v) is 2.16. The van der Waals surface area contributed by atoms with Crippen LogP contribution in [0.25, 0.3) is 0 Å². The highest BCUT2D eigenvalue weighted by Gasteiger charge is 2.12. The zero-order chi connectivity index (χ0) is 7.40. The molecule has 0 aromatic rings. The van der Waals surface area contributed by atoms with E-state index in [4.69, 9.17) is 4.74 Å². The summed E-state index contributed by atoms with van der Waals surface area (Å²) in [4.78, 5) is 2.23. The van der Waals surface area contributed by atoms with Gasteiger partial charge in [-0.1, -0.05) is 13.3 Å². The van der Waals surface area contributed by atoms with E-state index in [2.05, 4.69) is 18.9 Å².